The number of hydrazine groups is 1. The Labute approximate surface area is 205 Å². The van der Waals surface area contributed by atoms with Crippen molar-refractivity contribution in [1.82, 2.24) is 9.99 Å². The Kier molecular flexibility index (Phi) is 8.21. The smallest absolute Gasteiger partial charge is 0.265 e. The fraction of sp³-hybridized carbons (Fsp3) is 0.269. The Hall–Kier alpha value is -3.16. The second-order valence-electron chi connectivity index (χ2n) is 7.73. The van der Waals surface area contributed by atoms with Gasteiger partial charge in [0.05, 0.1) is 31.4 Å². The normalized spacial score (nSPS) is 11.3. The average molecular weight is 496 g/mol. The summed E-state index contributed by atoms with van der Waals surface area (Å²) in [6.45, 7) is 5.61. The van der Waals surface area contributed by atoms with Gasteiger partial charge >= 0.3 is 0 Å². The van der Waals surface area contributed by atoms with Crippen molar-refractivity contribution in [1.29, 1.82) is 0 Å². The zero-order valence-corrected chi connectivity index (χ0v) is 21.0. The fourth-order valence-electron chi connectivity index (χ4n) is 4.10. The van der Waals surface area contributed by atoms with Gasteiger partial charge in [-0.05, 0) is 61.9 Å². The molecule has 0 unspecified atom stereocenters. The topological polar surface area (TPSA) is 97.0 Å². The minimum absolute atomic E-state index is 0.323. The standard InChI is InChI=1S/C26H30N3O5P/c1-4-33-35(34-5-2)17-32-20-13-14-23-22(15-20)25-21(26(30)28-27)7-6-8-24(25)29(23)16-18-9-11-19(31-3)12-10-18/h6-15H,4-5,16-17,27H2,1-3H3,(H,28,30). The summed E-state index contributed by atoms with van der Waals surface area (Å²) in [5, 5.41) is 1.73. The van der Waals surface area contributed by atoms with Gasteiger partial charge in [-0.15, -0.1) is 0 Å². The molecule has 4 rings (SSSR count). The molecule has 0 saturated heterocycles. The van der Waals surface area contributed by atoms with Gasteiger partial charge in [0, 0.05) is 22.8 Å². The maximum Gasteiger partial charge on any atom is 0.265 e. The van der Waals surface area contributed by atoms with Gasteiger partial charge in [-0.3, -0.25) is 10.2 Å². The number of methoxy groups -OCH3 is 1. The lowest BCUT2D eigenvalue weighted by Gasteiger charge is -2.16. The SMILES string of the molecule is CCOP(COc1ccc2c(c1)c1c(C(=O)NN)cccc1n2Cc1ccc(OC)cc1)OCC. The quantitative estimate of drug-likeness (QED) is 0.129. The van der Waals surface area contributed by atoms with Crippen LogP contribution < -0.4 is 20.7 Å². The van der Waals surface area contributed by atoms with E-state index < -0.39 is 8.38 Å². The Balaban J connectivity index is 1.79. The van der Waals surface area contributed by atoms with E-state index >= 15 is 0 Å². The highest BCUT2D eigenvalue weighted by molar-refractivity contribution is 7.47. The van der Waals surface area contributed by atoms with Crippen LogP contribution in [-0.4, -0.2) is 37.1 Å². The maximum absolute atomic E-state index is 12.6. The average Bonchev–Trinajstić information content (AvgIpc) is 3.20. The molecule has 3 N–H and O–H groups in total. The molecule has 1 amide bonds. The summed E-state index contributed by atoms with van der Waals surface area (Å²) >= 11 is 0. The van der Waals surface area contributed by atoms with Crippen LogP contribution in [0, 0.1) is 0 Å². The van der Waals surface area contributed by atoms with Crippen LogP contribution in [0.25, 0.3) is 21.8 Å². The monoisotopic (exact) mass is 495 g/mol. The molecule has 0 aliphatic heterocycles. The van der Waals surface area contributed by atoms with Crippen LogP contribution in [0.15, 0.2) is 60.7 Å². The zero-order valence-electron chi connectivity index (χ0n) is 20.1. The number of amides is 1. The van der Waals surface area contributed by atoms with E-state index in [0.717, 1.165) is 33.1 Å². The number of carbonyl (C=O) groups is 1. The third-order valence-corrected chi connectivity index (χ3v) is 7.05. The van der Waals surface area contributed by atoms with Crippen LogP contribution in [0.1, 0.15) is 29.8 Å². The summed E-state index contributed by atoms with van der Waals surface area (Å²) in [5.74, 6) is 6.63. The van der Waals surface area contributed by atoms with Crippen LogP contribution in [-0.2, 0) is 15.6 Å². The van der Waals surface area contributed by atoms with E-state index in [9.17, 15) is 4.79 Å². The van der Waals surface area contributed by atoms with Crippen molar-refractivity contribution in [3.63, 3.8) is 0 Å². The maximum atomic E-state index is 12.6. The van der Waals surface area contributed by atoms with Gasteiger partial charge in [-0.25, -0.2) is 5.84 Å². The molecule has 0 aliphatic carbocycles. The summed E-state index contributed by atoms with van der Waals surface area (Å²) in [7, 11) is 0.518. The Bertz CT molecular complexity index is 1300. The van der Waals surface area contributed by atoms with Crippen molar-refractivity contribution < 1.29 is 23.3 Å². The molecule has 1 heterocycles. The molecule has 0 radical (unpaired) electrons. The molecule has 8 nitrogen and oxygen atoms in total. The summed E-state index contributed by atoms with van der Waals surface area (Å²) < 4.78 is 24.8. The molecule has 9 heteroatoms. The lowest BCUT2D eigenvalue weighted by atomic mass is 10.1. The molecule has 0 aliphatic rings. The van der Waals surface area contributed by atoms with Crippen LogP contribution in [0.2, 0.25) is 0 Å². The van der Waals surface area contributed by atoms with Crippen LogP contribution in [0.4, 0.5) is 0 Å². The Morgan fingerprint density at radius 3 is 2.34 bits per heavy atom. The minimum atomic E-state index is -1.13. The fourth-order valence-corrected chi connectivity index (χ4v) is 5.15. The molecular formula is C26H30N3O5P. The highest BCUT2D eigenvalue weighted by atomic mass is 31.2. The number of fused-ring (bicyclic) bond motifs is 3. The van der Waals surface area contributed by atoms with E-state index in [2.05, 4.69) is 9.99 Å². The number of ether oxygens (including phenoxy) is 2. The number of nitrogens with two attached hydrogens (primary N) is 1. The van der Waals surface area contributed by atoms with Gasteiger partial charge in [0.2, 0.25) is 8.38 Å². The molecule has 0 saturated carbocycles. The molecule has 4 aromatic rings. The molecule has 1 aromatic heterocycles. The molecule has 0 atom stereocenters. The molecule has 184 valence electrons. The molecule has 0 bridgehead atoms. The number of nitrogens with zero attached hydrogens (tertiary/aromatic N) is 1. The third kappa shape index (κ3) is 5.41. The summed E-state index contributed by atoms with van der Waals surface area (Å²) in [4.78, 5) is 12.6. The Morgan fingerprint density at radius 2 is 1.69 bits per heavy atom. The first-order valence-electron chi connectivity index (χ1n) is 11.4. The van der Waals surface area contributed by atoms with Gasteiger partial charge in [-0.2, -0.15) is 0 Å². The number of nitrogen functional groups attached to an aromatic ring is 1. The van der Waals surface area contributed by atoms with Crippen LogP contribution >= 0.6 is 8.38 Å². The minimum Gasteiger partial charge on any atom is -0.497 e. The first-order valence-corrected chi connectivity index (χ1v) is 12.8. The largest absolute Gasteiger partial charge is 0.497 e. The summed E-state index contributed by atoms with van der Waals surface area (Å²) in [6.07, 6.45) is 0.323. The van der Waals surface area contributed by atoms with Gasteiger partial charge < -0.3 is 23.1 Å². The van der Waals surface area contributed by atoms with Crippen LogP contribution in [0.3, 0.4) is 0 Å². The van der Waals surface area contributed by atoms with Gasteiger partial charge in [0.25, 0.3) is 5.91 Å². The van der Waals surface area contributed by atoms with E-state index in [1.54, 1.807) is 13.2 Å². The number of carbonyl (C=O) groups excluding carboxylic acids is 1. The molecular weight excluding hydrogens is 465 g/mol. The third-order valence-electron chi connectivity index (χ3n) is 5.62. The van der Waals surface area contributed by atoms with Crippen LogP contribution in [0.5, 0.6) is 11.5 Å². The van der Waals surface area contributed by atoms with Gasteiger partial charge in [0.15, 0.2) is 6.35 Å². The lowest BCUT2D eigenvalue weighted by Crippen LogP contribution is -2.30. The van der Waals surface area contributed by atoms with E-state index in [-0.39, 0.29) is 5.91 Å². The lowest BCUT2D eigenvalue weighted by molar-refractivity contribution is 0.0955. The second-order valence-corrected chi connectivity index (χ2v) is 9.17. The van der Waals surface area contributed by atoms with Gasteiger partial charge in [-0.1, -0.05) is 18.2 Å². The van der Waals surface area contributed by atoms with E-state index in [1.807, 2.05) is 68.4 Å². The predicted octanol–water partition coefficient (Wildman–Crippen LogP) is 5.18. The first kappa shape index (κ1) is 24.9. The zero-order chi connectivity index (χ0) is 24.8. The number of hydrogen-bond donors (Lipinski definition) is 2. The van der Waals surface area contributed by atoms with Crippen molar-refractivity contribution in [2.24, 2.45) is 5.84 Å². The predicted molar refractivity (Wildman–Crippen MR) is 139 cm³/mol. The highest BCUT2D eigenvalue weighted by Crippen LogP contribution is 2.39. The van der Waals surface area contributed by atoms with E-state index in [0.29, 0.717) is 37.4 Å². The number of benzene rings is 3. The number of hydrogen-bond acceptors (Lipinski definition) is 6. The summed E-state index contributed by atoms with van der Waals surface area (Å²) in [6, 6.07) is 19.5. The van der Waals surface area contributed by atoms with Crippen molar-refractivity contribution in [2.75, 3.05) is 26.7 Å². The van der Waals surface area contributed by atoms with Crippen molar-refractivity contribution >= 4 is 36.1 Å². The number of nitrogens with one attached hydrogen (secondary N) is 1. The molecule has 0 spiro atoms. The first-order chi connectivity index (χ1) is 17.1. The number of rotatable bonds is 11. The molecule has 35 heavy (non-hydrogen) atoms. The van der Waals surface area contributed by atoms with E-state index in [1.165, 1.54) is 0 Å². The summed E-state index contributed by atoms with van der Waals surface area (Å²) in [5.41, 5.74) is 5.80. The molecule has 0 fully saturated rings. The van der Waals surface area contributed by atoms with Gasteiger partial charge in [0.1, 0.15) is 11.5 Å². The Morgan fingerprint density at radius 1 is 0.971 bits per heavy atom. The molecule has 3 aromatic carbocycles. The second kappa shape index (κ2) is 11.5. The van der Waals surface area contributed by atoms with Crippen molar-refractivity contribution in [3.8, 4) is 11.5 Å². The highest BCUT2D eigenvalue weighted by Gasteiger charge is 2.19. The van der Waals surface area contributed by atoms with Crippen molar-refractivity contribution in [2.45, 2.75) is 20.4 Å². The number of aromatic nitrogens is 1. The van der Waals surface area contributed by atoms with E-state index in [4.69, 9.17) is 24.4 Å². The van der Waals surface area contributed by atoms with Crippen molar-refractivity contribution in [3.05, 3.63) is 71.8 Å².